The molecule has 0 saturated carbocycles. The van der Waals surface area contributed by atoms with E-state index < -0.39 is 0 Å². The maximum atomic E-state index is 4.44. The molecule has 0 radical (unpaired) electrons. The van der Waals surface area contributed by atoms with E-state index in [-0.39, 0.29) is 5.54 Å². The van der Waals surface area contributed by atoms with E-state index >= 15 is 0 Å². The Morgan fingerprint density at radius 3 is 2.72 bits per heavy atom. The molecule has 1 aromatic rings. The molecule has 3 nitrogen and oxygen atoms in total. The molecule has 1 aliphatic heterocycles. The molecule has 18 heavy (non-hydrogen) atoms. The molecular weight excluding hydrogens is 242 g/mol. The lowest BCUT2D eigenvalue weighted by Gasteiger charge is -2.42. The Balaban J connectivity index is 2.07. The molecule has 1 N–H and O–H groups in total. The number of hydrogen-bond donors (Lipinski definition) is 1. The largest absolute Gasteiger partial charge is 0.312 e. The molecule has 1 atom stereocenters. The number of thiazole rings is 1. The summed E-state index contributed by atoms with van der Waals surface area (Å²) in [4.78, 5) is 7.07. The highest BCUT2D eigenvalue weighted by Gasteiger charge is 2.36. The number of hydrogen-bond acceptors (Lipinski definition) is 4. The number of aromatic nitrogens is 1. The number of likely N-dealkylation sites (tertiary alicyclic amines) is 1. The van der Waals surface area contributed by atoms with Gasteiger partial charge in [0.25, 0.3) is 0 Å². The van der Waals surface area contributed by atoms with Crippen LogP contribution in [0.2, 0.25) is 0 Å². The predicted octanol–water partition coefficient (Wildman–Crippen LogP) is 2.54. The first-order chi connectivity index (χ1) is 8.64. The molecule has 0 aliphatic carbocycles. The van der Waals surface area contributed by atoms with Gasteiger partial charge in [-0.15, -0.1) is 11.3 Å². The summed E-state index contributed by atoms with van der Waals surface area (Å²) >= 11 is 1.77. The van der Waals surface area contributed by atoms with Crippen molar-refractivity contribution in [3.05, 3.63) is 16.6 Å². The third-order valence-corrected chi connectivity index (χ3v) is 4.89. The van der Waals surface area contributed by atoms with Gasteiger partial charge in [-0.2, -0.15) is 0 Å². The van der Waals surface area contributed by atoms with Crippen LogP contribution in [0.15, 0.2) is 11.6 Å². The van der Waals surface area contributed by atoms with Crippen LogP contribution in [0.5, 0.6) is 0 Å². The molecular formula is C14H25N3S. The van der Waals surface area contributed by atoms with Crippen LogP contribution in [0.25, 0.3) is 0 Å². The fraction of sp³-hybridized carbons (Fsp3) is 0.786. The summed E-state index contributed by atoms with van der Waals surface area (Å²) in [7, 11) is 0. The summed E-state index contributed by atoms with van der Waals surface area (Å²) in [5.74, 6) is 0. The molecule has 0 bridgehead atoms. The van der Waals surface area contributed by atoms with E-state index in [4.69, 9.17) is 0 Å². The third-order valence-electron chi connectivity index (χ3n) is 4.09. The second kappa shape index (κ2) is 6.13. The first-order valence-electron chi connectivity index (χ1n) is 7.01. The number of nitrogens with one attached hydrogen (secondary N) is 1. The Hall–Kier alpha value is -0.450. The van der Waals surface area contributed by atoms with Crippen LogP contribution in [0.3, 0.4) is 0 Å². The maximum Gasteiger partial charge on any atom is 0.0941 e. The van der Waals surface area contributed by atoms with Crippen molar-refractivity contribution in [3.63, 3.8) is 0 Å². The zero-order valence-corrected chi connectivity index (χ0v) is 12.6. The van der Waals surface area contributed by atoms with Crippen molar-refractivity contribution < 1.29 is 0 Å². The molecule has 1 aliphatic rings. The Bertz CT molecular complexity index is 342. The van der Waals surface area contributed by atoms with Gasteiger partial charge in [-0.1, -0.05) is 6.92 Å². The van der Waals surface area contributed by atoms with Crippen molar-refractivity contribution in [2.75, 3.05) is 19.6 Å². The molecule has 2 rings (SSSR count). The molecule has 0 spiro atoms. The van der Waals surface area contributed by atoms with E-state index in [2.05, 4.69) is 41.4 Å². The van der Waals surface area contributed by atoms with Gasteiger partial charge in [0.1, 0.15) is 0 Å². The summed E-state index contributed by atoms with van der Waals surface area (Å²) in [6, 6.07) is 0.478. The highest BCUT2D eigenvalue weighted by Crippen LogP contribution is 2.26. The predicted molar refractivity (Wildman–Crippen MR) is 78.2 cm³/mol. The van der Waals surface area contributed by atoms with Crippen molar-refractivity contribution in [3.8, 4) is 0 Å². The van der Waals surface area contributed by atoms with E-state index in [1.165, 1.54) is 30.9 Å². The van der Waals surface area contributed by atoms with E-state index in [1.807, 2.05) is 6.20 Å². The molecule has 2 heterocycles. The van der Waals surface area contributed by atoms with Crippen LogP contribution in [0, 0.1) is 0 Å². The monoisotopic (exact) mass is 267 g/mol. The van der Waals surface area contributed by atoms with Crippen LogP contribution < -0.4 is 5.32 Å². The molecule has 0 amide bonds. The Labute approximate surface area is 115 Å². The molecule has 0 aromatic carbocycles. The van der Waals surface area contributed by atoms with Gasteiger partial charge in [0.05, 0.1) is 5.01 Å². The van der Waals surface area contributed by atoms with Gasteiger partial charge in [-0.25, -0.2) is 4.98 Å². The minimum atomic E-state index is 0.207. The van der Waals surface area contributed by atoms with Crippen LogP contribution in [0.1, 0.15) is 38.6 Å². The second-order valence-electron chi connectivity index (χ2n) is 5.59. The quantitative estimate of drug-likeness (QED) is 0.858. The van der Waals surface area contributed by atoms with Gasteiger partial charge in [0.15, 0.2) is 0 Å². The Morgan fingerprint density at radius 2 is 2.17 bits per heavy atom. The van der Waals surface area contributed by atoms with Crippen LogP contribution >= 0.6 is 11.3 Å². The zero-order valence-electron chi connectivity index (χ0n) is 11.8. The number of rotatable bonds is 6. The lowest BCUT2D eigenvalue weighted by Crippen LogP contribution is -2.57. The normalized spacial score (nSPS) is 19.3. The molecule has 102 valence electrons. The van der Waals surface area contributed by atoms with Gasteiger partial charge in [-0.3, -0.25) is 4.90 Å². The van der Waals surface area contributed by atoms with Crippen molar-refractivity contribution in [1.82, 2.24) is 15.2 Å². The minimum absolute atomic E-state index is 0.207. The smallest absolute Gasteiger partial charge is 0.0941 e. The minimum Gasteiger partial charge on any atom is -0.312 e. The fourth-order valence-electron chi connectivity index (χ4n) is 2.86. The summed E-state index contributed by atoms with van der Waals surface area (Å²) in [5.41, 5.74) is 0.207. The standard InChI is InChI=1S/C14H25N3S/c1-4-15-12(11-13-16-7-10-18-13)14(2,3)17-8-5-6-9-17/h7,10,12,15H,4-6,8-9,11H2,1-3H3. The summed E-state index contributed by atoms with van der Waals surface area (Å²) in [5, 5.41) is 6.98. The van der Waals surface area contributed by atoms with Gasteiger partial charge in [0, 0.05) is 29.6 Å². The number of nitrogens with zero attached hydrogens (tertiary/aromatic N) is 2. The van der Waals surface area contributed by atoms with Crippen molar-refractivity contribution in [2.24, 2.45) is 0 Å². The lowest BCUT2D eigenvalue weighted by molar-refractivity contribution is 0.107. The first kappa shape index (κ1) is 14.0. The van der Waals surface area contributed by atoms with Crippen LogP contribution in [-0.4, -0.2) is 41.1 Å². The molecule has 1 unspecified atom stereocenters. The highest BCUT2D eigenvalue weighted by molar-refractivity contribution is 7.09. The van der Waals surface area contributed by atoms with Crippen LogP contribution in [-0.2, 0) is 6.42 Å². The van der Waals surface area contributed by atoms with Crippen molar-refractivity contribution >= 4 is 11.3 Å². The van der Waals surface area contributed by atoms with E-state index in [9.17, 15) is 0 Å². The van der Waals surface area contributed by atoms with Gasteiger partial charge >= 0.3 is 0 Å². The topological polar surface area (TPSA) is 28.2 Å². The van der Waals surface area contributed by atoms with Gasteiger partial charge in [0.2, 0.25) is 0 Å². The van der Waals surface area contributed by atoms with Crippen molar-refractivity contribution in [2.45, 2.75) is 51.6 Å². The van der Waals surface area contributed by atoms with E-state index in [0.29, 0.717) is 6.04 Å². The Kier molecular flexibility index (Phi) is 4.76. The second-order valence-corrected chi connectivity index (χ2v) is 6.57. The van der Waals surface area contributed by atoms with Crippen molar-refractivity contribution in [1.29, 1.82) is 0 Å². The summed E-state index contributed by atoms with van der Waals surface area (Å²) < 4.78 is 0. The average Bonchev–Trinajstić information content (AvgIpc) is 3.01. The molecule has 4 heteroatoms. The lowest BCUT2D eigenvalue weighted by atomic mass is 9.90. The first-order valence-corrected chi connectivity index (χ1v) is 7.89. The number of likely N-dealkylation sites (N-methyl/N-ethyl adjacent to an activating group) is 1. The van der Waals surface area contributed by atoms with Crippen LogP contribution in [0.4, 0.5) is 0 Å². The summed E-state index contributed by atoms with van der Waals surface area (Å²) in [6.45, 7) is 10.4. The Morgan fingerprint density at radius 1 is 1.44 bits per heavy atom. The highest BCUT2D eigenvalue weighted by atomic mass is 32.1. The zero-order chi connectivity index (χ0) is 13.0. The maximum absolute atomic E-state index is 4.44. The average molecular weight is 267 g/mol. The summed E-state index contributed by atoms with van der Waals surface area (Å²) in [6.07, 6.45) is 5.64. The fourth-order valence-corrected chi connectivity index (χ4v) is 3.52. The third kappa shape index (κ3) is 3.11. The molecule has 1 aromatic heterocycles. The molecule has 1 saturated heterocycles. The van der Waals surface area contributed by atoms with Gasteiger partial charge < -0.3 is 5.32 Å². The molecule has 1 fully saturated rings. The van der Waals surface area contributed by atoms with E-state index in [0.717, 1.165) is 13.0 Å². The van der Waals surface area contributed by atoms with Gasteiger partial charge in [-0.05, 0) is 46.3 Å². The SMILES string of the molecule is CCNC(Cc1nccs1)C(C)(C)N1CCCC1. The van der Waals surface area contributed by atoms with E-state index in [1.54, 1.807) is 11.3 Å².